The SMILES string of the molecule is CCOc1cc(CNc2ccc(CC)cc2)cc(Cl)c1OCc1ccc(Cl)cc1. The normalized spacial score (nSPS) is 10.6. The summed E-state index contributed by atoms with van der Waals surface area (Å²) in [6, 6.07) is 19.9. The van der Waals surface area contributed by atoms with Gasteiger partial charge in [0.2, 0.25) is 0 Å². The Labute approximate surface area is 182 Å². The first-order chi connectivity index (χ1) is 14.1. The Kier molecular flexibility index (Phi) is 7.68. The van der Waals surface area contributed by atoms with Gasteiger partial charge in [0.1, 0.15) is 6.61 Å². The van der Waals surface area contributed by atoms with Gasteiger partial charge in [-0.2, -0.15) is 0 Å². The highest BCUT2D eigenvalue weighted by molar-refractivity contribution is 6.32. The second-order valence-corrected chi connectivity index (χ2v) is 7.50. The second kappa shape index (κ2) is 10.4. The van der Waals surface area contributed by atoms with Crippen LogP contribution in [-0.2, 0) is 19.6 Å². The first-order valence-corrected chi connectivity index (χ1v) is 10.5. The molecule has 0 fully saturated rings. The van der Waals surface area contributed by atoms with E-state index < -0.39 is 0 Å². The number of benzene rings is 3. The van der Waals surface area contributed by atoms with Gasteiger partial charge in [-0.05, 0) is 66.4 Å². The van der Waals surface area contributed by atoms with Crippen LogP contribution in [0.4, 0.5) is 5.69 Å². The van der Waals surface area contributed by atoms with Crippen molar-refractivity contribution in [3.8, 4) is 11.5 Å². The predicted octanol–water partition coefficient (Wildman–Crippen LogP) is 7.15. The lowest BCUT2D eigenvalue weighted by Gasteiger charge is -2.16. The maximum Gasteiger partial charge on any atom is 0.180 e. The number of halogens is 2. The smallest absolute Gasteiger partial charge is 0.180 e. The third-order valence-electron chi connectivity index (χ3n) is 4.52. The van der Waals surface area contributed by atoms with Crippen LogP contribution in [0.1, 0.15) is 30.5 Å². The van der Waals surface area contributed by atoms with Gasteiger partial charge in [-0.15, -0.1) is 0 Å². The van der Waals surface area contributed by atoms with E-state index in [1.807, 2.05) is 43.3 Å². The summed E-state index contributed by atoms with van der Waals surface area (Å²) in [6.45, 7) is 5.65. The average Bonchev–Trinajstić information content (AvgIpc) is 2.73. The third kappa shape index (κ3) is 6.06. The number of hydrogen-bond acceptors (Lipinski definition) is 3. The number of ether oxygens (including phenoxy) is 2. The maximum atomic E-state index is 6.53. The van der Waals surface area contributed by atoms with E-state index in [1.54, 1.807) is 0 Å². The summed E-state index contributed by atoms with van der Waals surface area (Å²) in [5, 5.41) is 4.65. The van der Waals surface area contributed by atoms with Gasteiger partial charge in [-0.1, -0.05) is 54.4 Å². The first-order valence-electron chi connectivity index (χ1n) is 9.74. The predicted molar refractivity (Wildman–Crippen MR) is 122 cm³/mol. The zero-order valence-electron chi connectivity index (χ0n) is 16.7. The molecular weight excluding hydrogens is 405 g/mol. The number of hydrogen-bond donors (Lipinski definition) is 1. The minimum absolute atomic E-state index is 0.387. The molecule has 3 aromatic carbocycles. The summed E-state index contributed by atoms with van der Waals surface area (Å²) in [5.74, 6) is 1.20. The Morgan fingerprint density at radius 2 is 1.48 bits per heavy atom. The molecule has 0 aromatic heterocycles. The fraction of sp³-hybridized carbons (Fsp3) is 0.250. The highest BCUT2D eigenvalue weighted by Gasteiger charge is 2.13. The lowest BCUT2D eigenvalue weighted by atomic mass is 10.1. The van der Waals surface area contributed by atoms with Crippen LogP contribution in [0, 0.1) is 0 Å². The van der Waals surface area contributed by atoms with Gasteiger partial charge < -0.3 is 14.8 Å². The molecule has 3 rings (SSSR count). The molecule has 3 aromatic rings. The van der Waals surface area contributed by atoms with E-state index >= 15 is 0 Å². The number of rotatable bonds is 9. The monoisotopic (exact) mass is 429 g/mol. The minimum atomic E-state index is 0.387. The van der Waals surface area contributed by atoms with E-state index in [4.69, 9.17) is 32.7 Å². The standard InChI is InChI=1S/C24H25Cl2NO2/c1-3-17-7-11-21(12-8-17)27-15-19-13-22(26)24(23(14-19)28-4-2)29-16-18-5-9-20(25)10-6-18/h5-14,27H,3-4,15-16H2,1-2H3. The quantitative estimate of drug-likeness (QED) is 0.391. The van der Waals surface area contributed by atoms with Crippen LogP contribution >= 0.6 is 23.2 Å². The summed E-state index contributed by atoms with van der Waals surface area (Å²) in [6.07, 6.45) is 1.03. The fourth-order valence-electron chi connectivity index (χ4n) is 2.93. The van der Waals surface area contributed by atoms with Crippen molar-refractivity contribution in [2.45, 2.75) is 33.4 Å². The van der Waals surface area contributed by atoms with Crippen LogP contribution in [0.5, 0.6) is 11.5 Å². The molecule has 0 radical (unpaired) electrons. The van der Waals surface area contributed by atoms with E-state index in [2.05, 4.69) is 36.5 Å². The molecule has 5 heteroatoms. The molecule has 0 spiro atoms. The van der Waals surface area contributed by atoms with Crippen molar-refractivity contribution in [2.75, 3.05) is 11.9 Å². The van der Waals surface area contributed by atoms with Crippen molar-refractivity contribution in [1.29, 1.82) is 0 Å². The van der Waals surface area contributed by atoms with Gasteiger partial charge in [0.15, 0.2) is 11.5 Å². The lowest BCUT2D eigenvalue weighted by Crippen LogP contribution is -2.04. The molecule has 29 heavy (non-hydrogen) atoms. The molecule has 0 aliphatic carbocycles. The van der Waals surface area contributed by atoms with Gasteiger partial charge >= 0.3 is 0 Å². The molecule has 1 N–H and O–H groups in total. The highest BCUT2D eigenvalue weighted by Crippen LogP contribution is 2.37. The van der Waals surface area contributed by atoms with Crippen molar-refractivity contribution in [2.24, 2.45) is 0 Å². The Morgan fingerprint density at radius 1 is 0.793 bits per heavy atom. The minimum Gasteiger partial charge on any atom is -0.490 e. The molecule has 152 valence electrons. The molecule has 0 aliphatic rings. The lowest BCUT2D eigenvalue weighted by molar-refractivity contribution is 0.269. The number of nitrogens with one attached hydrogen (secondary N) is 1. The second-order valence-electron chi connectivity index (χ2n) is 6.66. The Bertz CT molecular complexity index is 925. The Hall–Kier alpha value is -2.36. The molecule has 0 aliphatic heterocycles. The first kappa shape index (κ1) is 21.4. The van der Waals surface area contributed by atoms with Crippen LogP contribution < -0.4 is 14.8 Å². The molecule has 3 nitrogen and oxygen atoms in total. The van der Waals surface area contributed by atoms with Gasteiger partial charge in [-0.25, -0.2) is 0 Å². The van der Waals surface area contributed by atoms with Crippen LogP contribution in [0.15, 0.2) is 60.7 Å². The molecule has 0 heterocycles. The molecule has 0 amide bonds. The Balaban J connectivity index is 1.71. The highest BCUT2D eigenvalue weighted by atomic mass is 35.5. The van der Waals surface area contributed by atoms with Crippen molar-refractivity contribution < 1.29 is 9.47 Å². The summed E-state index contributed by atoms with van der Waals surface area (Å²) in [4.78, 5) is 0. The van der Waals surface area contributed by atoms with Gasteiger partial charge in [0.05, 0.1) is 11.6 Å². The average molecular weight is 430 g/mol. The summed E-state index contributed by atoms with van der Waals surface area (Å²) < 4.78 is 11.8. The summed E-state index contributed by atoms with van der Waals surface area (Å²) in [5.41, 5.74) is 4.42. The topological polar surface area (TPSA) is 30.5 Å². The molecule has 0 saturated heterocycles. The molecule has 0 bridgehead atoms. The van der Waals surface area contributed by atoms with Crippen molar-refractivity contribution in [1.82, 2.24) is 0 Å². The van der Waals surface area contributed by atoms with Crippen LogP contribution in [0.25, 0.3) is 0 Å². The van der Waals surface area contributed by atoms with Crippen LogP contribution in [0.2, 0.25) is 10.0 Å². The molecular formula is C24H25Cl2NO2. The maximum absolute atomic E-state index is 6.53. The number of anilines is 1. The Morgan fingerprint density at radius 3 is 2.14 bits per heavy atom. The van der Waals surface area contributed by atoms with Gasteiger partial charge in [0.25, 0.3) is 0 Å². The van der Waals surface area contributed by atoms with Gasteiger partial charge in [0, 0.05) is 17.3 Å². The summed E-state index contributed by atoms with van der Waals surface area (Å²) >= 11 is 12.5. The molecule has 0 saturated carbocycles. The van der Waals surface area contributed by atoms with Crippen molar-refractivity contribution in [3.63, 3.8) is 0 Å². The third-order valence-corrected chi connectivity index (χ3v) is 5.06. The number of aryl methyl sites for hydroxylation is 1. The van der Waals surface area contributed by atoms with E-state index in [0.29, 0.717) is 41.3 Å². The van der Waals surface area contributed by atoms with E-state index in [-0.39, 0.29) is 0 Å². The fourth-order valence-corrected chi connectivity index (χ4v) is 3.34. The van der Waals surface area contributed by atoms with Crippen LogP contribution in [-0.4, -0.2) is 6.61 Å². The van der Waals surface area contributed by atoms with Crippen molar-refractivity contribution in [3.05, 3.63) is 87.4 Å². The van der Waals surface area contributed by atoms with Crippen LogP contribution in [0.3, 0.4) is 0 Å². The molecule has 0 atom stereocenters. The van der Waals surface area contributed by atoms with E-state index in [1.165, 1.54) is 5.56 Å². The van der Waals surface area contributed by atoms with E-state index in [0.717, 1.165) is 23.2 Å². The largest absolute Gasteiger partial charge is 0.490 e. The summed E-state index contributed by atoms with van der Waals surface area (Å²) in [7, 11) is 0. The van der Waals surface area contributed by atoms with Gasteiger partial charge in [-0.3, -0.25) is 0 Å². The van der Waals surface area contributed by atoms with E-state index in [9.17, 15) is 0 Å². The van der Waals surface area contributed by atoms with Crippen molar-refractivity contribution >= 4 is 28.9 Å². The zero-order chi connectivity index (χ0) is 20.6. The zero-order valence-corrected chi connectivity index (χ0v) is 18.2. The molecule has 0 unspecified atom stereocenters.